The summed E-state index contributed by atoms with van der Waals surface area (Å²) >= 11 is 5.10. The molecule has 0 aliphatic carbocycles. The Morgan fingerprint density at radius 3 is 2.37 bits per heavy atom. The molecule has 0 saturated heterocycles. The Labute approximate surface area is 116 Å². The van der Waals surface area contributed by atoms with Crippen LogP contribution < -0.4 is 0 Å². The number of carboxylic acid groups (broad SMARTS) is 1. The molecular formula is C15H15NO2S. The molecule has 2 N–H and O–H groups in total. The molecule has 1 aromatic carbocycles. The summed E-state index contributed by atoms with van der Waals surface area (Å²) in [6.45, 7) is 5.98. The van der Waals surface area contributed by atoms with Crippen molar-refractivity contribution in [1.29, 1.82) is 0 Å². The van der Waals surface area contributed by atoms with Gasteiger partial charge in [0.05, 0.1) is 5.56 Å². The standard InChI is InChI=1S/C15H15NO2S/c1-8-4-5-11(6-9(8)2)13-10(3)7-12(15(17)18)14(19)16-13/h4-7H,1-3H3,(H,16,19)(H,17,18). The first-order valence-corrected chi connectivity index (χ1v) is 6.36. The fourth-order valence-electron chi connectivity index (χ4n) is 1.99. The van der Waals surface area contributed by atoms with Crippen molar-refractivity contribution in [2.75, 3.05) is 0 Å². The van der Waals surface area contributed by atoms with E-state index in [1.807, 2.05) is 26.0 Å². The highest BCUT2D eigenvalue weighted by molar-refractivity contribution is 7.71. The predicted molar refractivity (Wildman–Crippen MR) is 78.2 cm³/mol. The number of aromatic amines is 1. The Hall–Kier alpha value is -1.94. The first-order valence-electron chi connectivity index (χ1n) is 5.95. The Morgan fingerprint density at radius 2 is 1.79 bits per heavy atom. The topological polar surface area (TPSA) is 53.1 Å². The molecule has 0 aliphatic rings. The van der Waals surface area contributed by atoms with Gasteiger partial charge >= 0.3 is 5.97 Å². The largest absolute Gasteiger partial charge is 0.478 e. The second-order valence-corrected chi connectivity index (χ2v) is 5.08. The molecule has 1 aromatic heterocycles. The lowest BCUT2D eigenvalue weighted by molar-refractivity contribution is 0.0695. The van der Waals surface area contributed by atoms with Crippen LogP contribution in [0.15, 0.2) is 24.3 Å². The average Bonchev–Trinajstić information content (AvgIpc) is 2.35. The van der Waals surface area contributed by atoms with Gasteiger partial charge in [0.2, 0.25) is 0 Å². The third-order valence-electron chi connectivity index (χ3n) is 3.26. The highest BCUT2D eigenvalue weighted by atomic mass is 32.1. The summed E-state index contributed by atoms with van der Waals surface area (Å²) in [6, 6.07) is 7.75. The van der Waals surface area contributed by atoms with E-state index in [-0.39, 0.29) is 10.2 Å². The van der Waals surface area contributed by atoms with E-state index >= 15 is 0 Å². The van der Waals surface area contributed by atoms with Crippen LogP contribution in [0.5, 0.6) is 0 Å². The number of carbonyl (C=O) groups is 1. The number of carboxylic acids is 1. The molecule has 0 atom stereocenters. The van der Waals surface area contributed by atoms with Gasteiger partial charge in [-0.05, 0) is 55.2 Å². The lowest BCUT2D eigenvalue weighted by atomic mass is 10.0. The lowest BCUT2D eigenvalue weighted by Gasteiger charge is -2.10. The molecule has 19 heavy (non-hydrogen) atoms. The monoisotopic (exact) mass is 273 g/mol. The molecule has 0 radical (unpaired) electrons. The molecule has 1 heterocycles. The van der Waals surface area contributed by atoms with E-state index < -0.39 is 5.97 Å². The molecule has 98 valence electrons. The molecule has 0 fully saturated rings. The van der Waals surface area contributed by atoms with Gasteiger partial charge in [-0.1, -0.05) is 24.4 Å². The highest BCUT2D eigenvalue weighted by Crippen LogP contribution is 2.24. The lowest BCUT2D eigenvalue weighted by Crippen LogP contribution is -2.02. The summed E-state index contributed by atoms with van der Waals surface area (Å²) < 4.78 is 0.256. The van der Waals surface area contributed by atoms with Crippen LogP contribution in [0, 0.1) is 25.4 Å². The van der Waals surface area contributed by atoms with Crippen molar-refractivity contribution in [2.45, 2.75) is 20.8 Å². The number of benzene rings is 1. The third-order valence-corrected chi connectivity index (χ3v) is 3.59. The molecule has 2 rings (SSSR count). The van der Waals surface area contributed by atoms with Gasteiger partial charge in [-0.25, -0.2) is 4.79 Å². The second kappa shape index (κ2) is 4.97. The van der Waals surface area contributed by atoms with Crippen molar-refractivity contribution in [3.8, 4) is 11.3 Å². The van der Waals surface area contributed by atoms with Gasteiger partial charge in [-0.2, -0.15) is 0 Å². The molecule has 3 nitrogen and oxygen atoms in total. The van der Waals surface area contributed by atoms with Gasteiger partial charge in [0.25, 0.3) is 0 Å². The van der Waals surface area contributed by atoms with E-state index in [1.165, 1.54) is 11.1 Å². The number of nitrogens with one attached hydrogen (secondary N) is 1. The van der Waals surface area contributed by atoms with Crippen molar-refractivity contribution in [3.63, 3.8) is 0 Å². The summed E-state index contributed by atoms with van der Waals surface area (Å²) in [5, 5.41) is 9.05. The van der Waals surface area contributed by atoms with Gasteiger partial charge in [0, 0.05) is 5.69 Å². The fourth-order valence-corrected chi connectivity index (χ4v) is 2.24. The molecule has 0 unspecified atom stereocenters. The number of aromatic carboxylic acids is 1. The molecular weight excluding hydrogens is 258 g/mol. The zero-order valence-corrected chi connectivity index (χ0v) is 11.9. The van der Waals surface area contributed by atoms with Gasteiger partial charge < -0.3 is 10.1 Å². The SMILES string of the molecule is Cc1ccc(-c2[nH]c(=S)c(C(=O)O)cc2C)cc1C. The van der Waals surface area contributed by atoms with Crippen molar-refractivity contribution in [3.05, 3.63) is 51.2 Å². The Balaban J connectivity index is 2.63. The van der Waals surface area contributed by atoms with Crippen molar-refractivity contribution >= 4 is 18.2 Å². The number of aryl methyl sites for hydroxylation is 3. The van der Waals surface area contributed by atoms with Gasteiger partial charge in [0.1, 0.15) is 4.64 Å². The summed E-state index contributed by atoms with van der Waals surface area (Å²) in [5.41, 5.74) is 5.32. The number of rotatable bonds is 2. The van der Waals surface area contributed by atoms with Crippen molar-refractivity contribution < 1.29 is 9.90 Å². The van der Waals surface area contributed by atoms with Crippen molar-refractivity contribution in [2.24, 2.45) is 0 Å². The van der Waals surface area contributed by atoms with E-state index in [0.29, 0.717) is 0 Å². The van der Waals surface area contributed by atoms with Crippen LogP contribution in [0.1, 0.15) is 27.0 Å². The van der Waals surface area contributed by atoms with Crippen LogP contribution in [0.3, 0.4) is 0 Å². The Kier molecular flexibility index (Phi) is 3.53. The summed E-state index contributed by atoms with van der Waals surface area (Å²) in [5.74, 6) is -1.00. The Morgan fingerprint density at radius 1 is 1.11 bits per heavy atom. The first kappa shape index (κ1) is 13.5. The molecule has 0 amide bonds. The van der Waals surface area contributed by atoms with Crippen LogP contribution in [-0.2, 0) is 0 Å². The predicted octanol–water partition coefficient (Wildman–Crippen LogP) is 4.03. The molecule has 0 bridgehead atoms. The number of hydrogen-bond donors (Lipinski definition) is 2. The van der Waals surface area contributed by atoms with Gasteiger partial charge in [0.15, 0.2) is 0 Å². The molecule has 0 saturated carbocycles. The smallest absolute Gasteiger partial charge is 0.338 e. The number of H-pyrrole nitrogens is 1. The van der Waals surface area contributed by atoms with E-state index in [1.54, 1.807) is 6.07 Å². The summed E-state index contributed by atoms with van der Waals surface area (Å²) in [7, 11) is 0. The maximum absolute atomic E-state index is 11.0. The van der Waals surface area contributed by atoms with E-state index in [9.17, 15) is 4.79 Å². The Bertz CT molecular complexity index is 717. The molecule has 2 aromatic rings. The summed E-state index contributed by atoms with van der Waals surface area (Å²) in [6.07, 6.45) is 0. The van der Waals surface area contributed by atoms with E-state index in [0.717, 1.165) is 16.8 Å². The quantitative estimate of drug-likeness (QED) is 0.812. The number of aromatic nitrogens is 1. The third kappa shape index (κ3) is 2.58. The van der Waals surface area contributed by atoms with Crippen LogP contribution in [-0.4, -0.2) is 16.1 Å². The highest BCUT2D eigenvalue weighted by Gasteiger charge is 2.10. The van der Waals surface area contributed by atoms with Gasteiger partial charge in [-0.3, -0.25) is 0 Å². The summed E-state index contributed by atoms with van der Waals surface area (Å²) in [4.78, 5) is 14.1. The maximum Gasteiger partial charge on any atom is 0.338 e. The fraction of sp³-hybridized carbons (Fsp3) is 0.200. The van der Waals surface area contributed by atoms with Crippen LogP contribution >= 0.6 is 12.2 Å². The minimum absolute atomic E-state index is 0.139. The number of pyridine rings is 1. The molecule has 4 heteroatoms. The van der Waals surface area contributed by atoms with Crippen LogP contribution in [0.2, 0.25) is 0 Å². The minimum atomic E-state index is -1.00. The van der Waals surface area contributed by atoms with Crippen molar-refractivity contribution in [1.82, 2.24) is 4.98 Å². The van der Waals surface area contributed by atoms with Gasteiger partial charge in [-0.15, -0.1) is 0 Å². The second-order valence-electron chi connectivity index (χ2n) is 4.67. The number of hydrogen-bond acceptors (Lipinski definition) is 2. The van der Waals surface area contributed by atoms with Crippen LogP contribution in [0.4, 0.5) is 0 Å². The zero-order valence-electron chi connectivity index (χ0n) is 11.1. The molecule has 0 aliphatic heterocycles. The van der Waals surface area contributed by atoms with E-state index in [4.69, 9.17) is 17.3 Å². The zero-order chi connectivity index (χ0) is 14.2. The van der Waals surface area contributed by atoms with E-state index in [2.05, 4.69) is 18.0 Å². The first-order chi connectivity index (χ1) is 8.90. The van der Waals surface area contributed by atoms with Crippen LogP contribution in [0.25, 0.3) is 11.3 Å². The normalized spacial score (nSPS) is 10.5. The maximum atomic E-state index is 11.0. The molecule has 0 spiro atoms. The average molecular weight is 273 g/mol. The minimum Gasteiger partial charge on any atom is -0.478 e.